The molecule has 1 unspecified atom stereocenters. The van der Waals surface area contributed by atoms with Crippen LogP contribution in [0.5, 0.6) is 0 Å². The van der Waals surface area contributed by atoms with Crippen molar-refractivity contribution >= 4 is 47.2 Å². The highest BCUT2D eigenvalue weighted by Gasteiger charge is 2.37. The maximum Gasteiger partial charge on any atom is 0.242 e. The Kier molecular flexibility index (Phi) is 15.4. The van der Waals surface area contributed by atoms with Crippen molar-refractivity contribution in [3.05, 3.63) is 0 Å². The summed E-state index contributed by atoms with van der Waals surface area (Å²) in [5.74, 6) is -1.44. The van der Waals surface area contributed by atoms with Gasteiger partial charge in [-0.15, -0.1) is 0 Å². The van der Waals surface area contributed by atoms with Crippen LogP contribution in [-0.2, 0) is 33.5 Å². The van der Waals surface area contributed by atoms with Crippen LogP contribution >= 0.6 is 11.8 Å². The third kappa shape index (κ3) is 12.3. The fourth-order valence-electron chi connectivity index (χ4n) is 3.49. The highest BCUT2D eigenvalue weighted by Crippen LogP contribution is 2.22. The number of ether oxygens (including phenoxy) is 1. The molecule has 12 nitrogen and oxygen atoms in total. The number of carbonyl (C=O) groups excluding carboxylic acids is 6. The molecule has 0 aromatic rings. The molecule has 0 bridgehead atoms. The molecule has 1 atom stereocenters. The Labute approximate surface area is 216 Å². The third-order valence-corrected chi connectivity index (χ3v) is 6.23. The van der Waals surface area contributed by atoms with Crippen molar-refractivity contribution in [3.8, 4) is 0 Å². The lowest BCUT2D eigenvalue weighted by Gasteiger charge is -2.17. The number of hydrogen-bond donors (Lipinski definition) is 4. The van der Waals surface area contributed by atoms with Crippen molar-refractivity contribution in [1.29, 1.82) is 0 Å². The van der Waals surface area contributed by atoms with Crippen molar-refractivity contribution in [2.45, 2.75) is 63.7 Å². The van der Waals surface area contributed by atoms with E-state index >= 15 is 0 Å². The summed E-state index contributed by atoms with van der Waals surface area (Å²) in [5.41, 5.74) is 0. The van der Waals surface area contributed by atoms with Crippen LogP contribution in [-0.4, -0.2) is 97.3 Å². The van der Waals surface area contributed by atoms with Crippen LogP contribution in [0, 0.1) is 0 Å². The van der Waals surface area contributed by atoms with E-state index in [1.165, 1.54) is 11.8 Å². The Balaban J connectivity index is 2.20. The van der Waals surface area contributed by atoms with Gasteiger partial charge in [-0.2, -0.15) is 11.8 Å². The lowest BCUT2D eigenvalue weighted by Crippen LogP contribution is -2.38. The number of nitrogens with one attached hydrogen (secondary N) is 4. The first-order valence-corrected chi connectivity index (χ1v) is 13.6. The lowest BCUT2D eigenvalue weighted by atomic mass is 10.1. The molecular formula is C23H39N5O7S. The minimum absolute atomic E-state index is 0.0115. The van der Waals surface area contributed by atoms with Gasteiger partial charge in [0.15, 0.2) is 0 Å². The molecule has 1 fully saturated rings. The molecule has 1 aliphatic rings. The van der Waals surface area contributed by atoms with Gasteiger partial charge in [0.2, 0.25) is 35.4 Å². The van der Waals surface area contributed by atoms with Crippen molar-refractivity contribution in [1.82, 2.24) is 26.2 Å². The Morgan fingerprint density at radius 1 is 0.917 bits per heavy atom. The SMILES string of the molecule is CCNC(=O)CC(CC(=O)NCC)OCCCC(=O)NCCNC(=O)CCN1C(=O)CC(SC)C1=O. The molecule has 1 rings (SSSR count). The zero-order chi connectivity index (χ0) is 26.9. The number of likely N-dealkylation sites (tertiary alicyclic amines) is 1. The fraction of sp³-hybridized carbons (Fsp3) is 0.739. The monoisotopic (exact) mass is 529 g/mol. The number of rotatable bonds is 18. The molecule has 204 valence electrons. The standard InChI is InChI=1S/C23H39N5O7S/c1-4-24-20(31)13-16(14-21(32)25-5-2)35-12-6-7-18(29)26-9-10-27-19(30)8-11-28-22(33)15-17(36-3)23(28)34/h16-17H,4-15H2,1-3H3,(H,24,31)(H,25,32)(H,26,29)(H,27,30). The summed E-state index contributed by atoms with van der Waals surface area (Å²) in [7, 11) is 0. The molecule has 13 heteroatoms. The van der Waals surface area contributed by atoms with Crippen LogP contribution in [0.3, 0.4) is 0 Å². The zero-order valence-electron chi connectivity index (χ0n) is 21.4. The van der Waals surface area contributed by atoms with Crippen LogP contribution < -0.4 is 21.3 Å². The first-order valence-electron chi connectivity index (χ1n) is 12.3. The van der Waals surface area contributed by atoms with E-state index in [1.54, 1.807) is 20.1 Å². The molecule has 0 aromatic carbocycles. The summed E-state index contributed by atoms with van der Waals surface area (Å²) < 4.78 is 5.67. The summed E-state index contributed by atoms with van der Waals surface area (Å²) in [4.78, 5) is 72.7. The highest BCUT2D eigenvalue weighted by atomic mass is 32.2. The Morgan fingerprint density at radius 3 is 1.97 bits per heavy atom. The number of imide groups is 1. The highest BCUT2D eigenvalue weighted by molar-refractivity contribution is 8.00. The van der Waals surface area contributed by atoms with Crippen LogP contribution in [0.1, 0.15) is 52.4 Å². The van der Waals surface area contributed by atoms with Crippen LogP contribution in [0.4, 0.5) is 0 Å². The van der Waals surface area contributed by atoms with Crippen LogP contribution in [0.2, 0.25) is 0 Å². The predicted molar refractivity (Wildman–Crippen MR) is 135 cm³/mol. The first kappa shape index (κ1) is 31.4. The van der Waals surface area contributed by atoms with Crippen molar-refractivity contribution in [2.24, 2.45) is 0 Å². The lowest BCUT2D eigenvalue weighted by molar-refractivity contribution is -0.138. The topological polar surface area (TPSA) is 163 Å². The number of carbonyl (C=O) groups is 6. The average molecular weight is 530 g/mol. The molecule has 6 amide bonds. The maximum atomic E-state index is 12.0. The van der Waals surface area contributed by atoms with E-state index in [4.69, 9.17) is 4.74 Å². The van der Waals surface area contributed by atoms with E-state index in [1.807, 2.05) is 0 Å². The van der Waals surface area contributed by atoms with Crippen molar-refractivity contribution in [2.75, 3.05) is 45.6 Å². The molecule has 4 N–H and O–H groups in total. The van der Waals surface area contributed by atoms with E-state index in [0.717, 1.165) is 4.90 Å². The summed E-state index contributed by atoms with van der Waals surface area (Å²) in [6.07, 6.45) is 2.11. The van der Waals surface area contributed by atoms with E-state index in [-0.39, 0.29) is 99.0 Å². The normalized spacial score (nSPS) is 15.2. The summed E-state index contributed by atoms with van der Waals surface area (Å²) in [6.45, 7) is 5.32. The quantitative estimate of drug-likeness (QED) is 0.134. The van der Waals surface area contributed by atoms with E-state index in [9.17, 15) is 28.8 Å². The van der Waals surface area contributed by atoms with Crippen molar-refractivity contribution < 1.29 is 33.5 Å². The van der Waals surface area contributed by atoms with E-state index in [2.05, 4.69) is 21.3 Å². The molecule has 0 spiro atoms. The number of amides is 6. The number of thioether (sulfide) groups is 1. The Hall–Kier alpha value is -2.67. The summed E-state index contributed by atoms with van der Waals surface area (Å²) in [6, 6.07) is 0. The molecule has 1 aliphatic heterocycles. The minimum Gasteiger partial charge on any atom is -0.377 e. The van der Waals surface area contributed by atoms with Gasteiger partial charge in [-0.1, -0.05) is 0 Å². The molecular weight excluding hydrogens is 490 g/mol. The van der Waals surface area contributed by atoms with Crippen molar-refractivity contribution in [3.63, 3.8) is 0 Å². The molecule has 1 heterocycles. The Morgan fingerprint density at radius 2 is 1.47 bits per heavy atom. The van der Waals surface area contributed by atoms with Gasteiger partial charge in [0.1, 0.15) is 0 Å². The van der Waals surface area contributed by atoms with Gasteiger partial charge in [-0.05, 0) is 26.5 Å². The summed E-state index contributed by atoms with van der Waals surface area (Å²) in [5, 5.41) is 10.3. The predicted octanol–water partition coefficient (Wildman–Crippen LogP) is -0.683. The minimum atomic E-state index is -0.570. The van der Waals surface area contributed by atoms with Gasteiger partial charge >= 0.3 is 0 Å². The summed E-state index contributed by atoms with van der Waals surface area (Å²) >= 11 is 1.33. The molecule has 0 aliphatic carbocycles. The van der Waals surface area contributed by atoms with Gasteiger partial charge in [0.05, 0.1) is 24.2 Å². The fourth-order valence-corrected chi connectivity index (χ4v) is 4.13. The van der Waals surface area contributed by atoms with E-state index in [0.29, 0.717) is 19.5 Å². The largest absolute Gasteiger partial charge is 0.377 e. The molecule has 36 heavy (non-hydrogen) atoms. The number of hydrogen-bond acceptors (Lipinski definition) is 8. The van der Waals surface area contributed by atoms with Gasteiger partial charge < -0.3 is 26.0 Å². The van der Waals surface area contributed by atoms with E-state index < -0.39 is 6.10 Å². The smallest absolute Gasteiger partial charge is 0.242 e. The number of nitrogens with zero attached hydrogens (tertiary/aromatic N) is 1. The van der Waals surface area contributed by atoms with Crippen LogP contribution in [0.25, 0.3) is 0 Å². The van der Waals surface area contributed by atoms with Gasteiger partial charge in [0.25, 0.3) is 0 Å². The molecule has 0 aromatic heterocycles. The van der Waals surface area contributed by atoms with Gasteiger partial charge in [-0.3, -0.25) is 33.7 Å². The third-order valence-electron chi connectivity index (χ3n) is 5.29. The molecule has 0 saturated carbocycles. The maximum absolute atomic E-state index is 12.0. The zero-order valence-corrected chi connectivity index (χ0v) is 22.2. The first-order chi connectivity index (χ1) is 17.2. The second kappa shape index (κ2) is 17.7. The van der Waals surface area contributed by atoms with Gasteiger partial charge in [0, 0.05) is 58.6 Å². The van der Waals surface area contributed by atoms with Gasteiger partial charge in [-0.25, -0.2) is 0 Å². The molecule has 0 radical (unpaired) electrons. The second-order valence-corrected chi connectivity index (χ2v) is 9.21. The average Bonchev–Trinajstić information content (AvgIpc) is 3.10. The Bertz CT molecular complexity index is 760. The van der Waals surface area contributed by atoms with Crippen LogP contribution in [0.15, 0.2) is 0 Å². The second-order valence-electron chi connectivity index (χ2n) is 8.17. The molecule has 1 saturated heterocycles.